The lowest BCUT2D eigenvalue weighted by atomic mass is 10.3. The van der Waals surface area contributed by atoms with Gasteiger partial charge in [0.1, 0.15) is 11.5 Å². The molecule has 2 rings (SSSR count). The van der Waals surface area contributed by atoms with Gasteiger partial charge in [-0.05, 0) is 59.6 Å². The number of rotatable bonds is 5. The number of methoxy groups -OCH3 is 1. The van der Waals surface area contributed by atoms with Crippen LogP contribution in [0.25, 0.3) is 0 Å². The normalized spacial score (nSPS) is 10.6. The van der Waals surface area contributed by atoms with Gasteiger partial charge in [0.25, 0.3) is 0 Å². The van der Waals surface area contributed by atoms with Crippen molar-refractivity contribution in [2.45, 2.75) is 20.0 Å². The van der Waals surface area contributed by atoms with Crippen LogP contribution >= 0.6 is 27.5 Å². The van der Waals surface area contributed by atoms with Gasteiger partial charge in [-0.1, -0.05) is 0 Å². The molecule has 0 unspecified atom stereocenters. The van der Waals surface area contributed by atoms with E-state index in [0.717, 1.165) is 0 Å². The second-order valence-electron chi connectivity index (χ2n) is 4.23. The Labute approximate surface area is 135 Å². The standard InChI is InChI=1S/C13H13BrClN3O3/c1-7(2)20-12-16-11(15)17-13(18-12)21-10-5-4-8(19-3)6-9(10)14/h4-7H,1-3H3. The Morgan fingerprint density at radius 2 is 1.86 bits per heavy atom. The highest BCUT2D eigenvalue weighted by Gasteiger charge is 2.11. The number of hydrogen-bond donors (Lipinski definition) is 0. The molecule has 0 fully saturated rings. The zero-order valence-electron chi connectivity index (χ0n) is 11.6. The van der Waals surface area contributed by atoms with Gasteiger partial charge in [-0.15, -0.1) is 4.98 Å². The van der Waals surface area contributed by atoms with E-state index in [9.17, 15) is 0 Å². The molecular formula is C13H13BrClN3O3. The largest absolute Gasteiger partial charge is 0.497 e. The maximum absolute atomic E-state index is 5.83. The maximum Gasteiger partial charge on any atom is 0.329 e. The molecule has 112 valence electrons. The van der Waals surface area contributed by atoms with Crippen LogP contribution in [0.1, 0.15) is 13.8 Å². The quantitative estimate of drug-likeness (QED) is 0.791. The minimum atomic E-state index is -0.0796. The van der Waals surface area contributed by atoms with Crippen molar-refractivity contribution in [2.24, 2.45) is 0 Å². The third-order valence-corrected chi connectivity index (χ3v) is 3.04. The molecule has 2 aromatic rings. The van der Waals surface area contributed by atoms with E-state index in [1.54, 1.807) is 25.3 Å². The Morgan fingerprint density at radius 1 is 1.14 bits per heavy atom. The van der Waals surface area contributed by atoms with Crippen LogP contribution in [0.5, 0.6) is 23.5 Å². The zero-order valence-corrected chi connectivity index (χ0v) is 14.0. The highest BCUT2D eigenvalue weighted by molar-refractivity contribution is 9.10. The van der Waals surface area contributed by atoms with Gasteiger partial charge in [-0.25, -0.2) is 0 Å². The molecule has 0 atom stereocenters. The van der Waals surface area contributed by atoms with Crippen molar-refractivity contribution in [3.8, 4) is 23.5 Å². The first kappa shape index (κ1) is 15.8. The smallest absolute Gasteiger partial charge is 0.329 e. The summed E-state index contributed by atoms with van der Waals surface area (Å²) >= 11 is 9.22. The van der Waals surface area contributed by atoms with Crippen LogP contribution in [-0.2, 0) is 0 Å². The maximum atomic E-state index is 5.83. The Kier molecular flexibility index (Phi) is 5.19. The third-order valence-electron chi connectivity index (χ3n) is 2.25. The number of ether oxygens (including phenoxy) is 3. The SMILES string of the molecule is COc1ccc(Oc2nc(Cl)nc(OC(C)C)n2)c(Br)c1. The van der Waals surface area contributed by atoms with Crippen molar-refractivity contribution < 1.29 is 14.2 Å². The van der Waals surface area contributed by atoms with Crippen molar-refractivity contribution in [1.82, 2.24) is 15.0 Å². The van der Waals surface area contributed by atoms with Crippen LogP contribution < -0.4 is 14.2 Å². The molecule has 6 nitrogen and oxygen atoms in total. The van der Waals surface area contributed by atoms with Crippen LogP contribution in [-0.4, -0.2) is 28.2 Å². The molecule has 0 aliphatic heterocycles. The lowest BCUT2D eigenvalue weighted by Crippen LogP contribution is -2.09. The zero-order chi connectivity index (χ0) is 15.4. The van der Waals surface area contributed by atoms with Gasteiger partial charge in [-0.2, -0.15) is 9.97 Å². The lowest BCUT2D eigenvalue weighted by molar-refractivity contribution is 0.218. The topological polar surface area (TPSA) is 66.4 Å². The fraction of sp³-hybridized carbons (Fsp3) is 0.308. The molecule has 21 heavy (non-hydrogen) atoms. The van der Waals surface area contributed by atoms with Crippen molar-refractivity contribution in [1.29, 1.82) is 0 Å². The summed E-state index contributed by atoms with van der Waals surface area (Å²) in [5, 5.41) is 0.000263. The van der Waals surface area contributed by atoms with E-state index in [2.05, 4.69) is 30.9 Å². The fourth-order valence-electron chi connectivity index (χ4n) is 1.41. The Bertz CT molecular complexity index is 640. The average Bonchev–Trinajstić information content (AvgIpc) is 2.39. The highest BCUT2D eigenvalue weighted by Crippen LogP contribution is 2.32. The molecule has 1 aromatic heterocycles. The summed E-state index contributed by atoms with van der Waals surface area (Å²) in [5.41, 5.74) is 0. The summed E-state index contributed by atoms with van der Waals surface area (Å²) in [6.45, 7) is 3.72. The first-order valence-electron chi connectivity index (χ1n) is 6.07. The molecule has 0 saturated carbocycles. The van der Waals surface area contributed by atoms with Gasteiger partial charge in [0, 0.05) is 0 Å². The predicted molar refractivity (Wildman–Crippen MR) is 81.4 cm³/mol. The van der Waals surface area contributed by atoms with E-state index in [1.165, 1.54) is 0 Å². The monoisotopic (exact) mass is 373 g/mol. The van der Waals surface area contributed by atoms with E-state index in [4.69, 9.17) is 25.8 Å². The minimum absolute atomic E-state index is 0.000263. The van der Waals surface area contributed by atoms with E-state index >= 15 is 0 Å². The van der Waals surface area contributed by atoms with Crippen LogP contribution in [0, 0.1) is 0 Å². The van der Waals surface area contributed by atoms with Crippen LogP contribution in [0.2, 0.25) is 5.28 Å². The number of nitrogens with zero attached hydrogens (tertiary/aromatic N) is 3. The van der Waals surface area contributed by atoms with Gasteiger partial charge in [0.2, 0.25) is 5.28 Å². The number of hydrogen-bond acceptors (Lipinski definition) is 6. The summed E-state index contributed by atoms with van der Waals surface area (Å²) in [6.07, 6.45) is -0.0796. The number of halogens is 2. The summed E-state index contributed by atoms with van der Waals surface area (Å²) in [4.78, 5) is 11.8. The van der Waals surface area contributed by atoms with Crippen LogP contribution in [0.15, 0.2) is 22.7 Å². The Hall–Kier alpha value is -1.60. The van der Waals surface area contributed by atoms with E-state index in [-0.39, 0.29) is 23.4 Å². The van der Waals surface area contributed by atoms with Gasteiger partial charge >= 0.3 is 12.0 Å². The predicted octanol–water partition coefficient (Wildman–Crippen LogP) is 3.88. The summed E-state index contributed by atoms with van der Waals surface area (Å²) in [6, 6.07) is 5.42. The van der Waals surface area contributed by atoms with E-state index in [1.807, 2.05) is 13.8 Å². The van der Waals surface area contributed by atoms with Crippen molar-refractivity contribution in [3.05, 3.63) is 28.0 Å². The summed E-state index contributed by atoms with van der Waals surface area (Å²) in [7, 11) is 1.59. The molecule has 0 aliphatic rings. The summed E-state index contributed by atoms with van der Waals surface area (Å²) < 4.78 is 16.8. The highest BCUT2D eigenvalue weighted by atomic mass is 79.9. The Morgan fingerprint density at radius 3 is 2.48 bits per heavy atom. The average molecular weight is 375 g/mol. The fourth-order valence-corrected chi connectivity index (χ4v) is 2.00. The van der Waals surface area contributed by atoms with Crippen molar-refractivity contribution >= 4 is 27.5 Å². The first-order chi connectivity index (χ1) is 9.97. The Balaban J connectivity index is 2.24. The molecule has 0 spiro atoms. The molecule has 0 aliphatic carbocycles. The van der Waals surface area contributed by atoms with Crippen molar-refractivity contribution in [2.75, 3.05) is 7.11 Å². The minimum Gasteiger partial charge on any atom is -0.497 e. The lowest BCUT2D eigenvalue weighted by Gasteiger charge is -2.10. The van der Waals surface area contributed by atoms with E-state index in [0.29, 0.717) is 16.0 Å². The van der Waals surface area contributed by atoms with Gasteiger partial charge in [0.05, 0.1) is 17.7 Å². The molecule has 8 heteroatoms. The second kappa shape index (κ2) is 6.91. The molecule has 0 saturated heterocycles. The molecule has 1 heterocycles. The second-order valence-corrected chi connectivity index (χ2v) is 5.43. The molecule has 0 bridgehead atoms. The third kappa shape index (κ3) is 4.44. The van der Waals surface area contributed by atoms with Crippen LogP contribution in [0.4, 0.5) is 0 Å². The first-order valence-corrected chi connectivity index (χ1v) is 7.24. The molecule has 1 aromatic carbocycles. The van der Waals surface area contributed by atoms with Gasteiger partial charge in [0.15, 0.2) is 0 Å². The molecular weight excluding hydrogens is 362 g/mol. The molecule has 0 radical (unpaired) electrons. The van der Waals surface area contributed by atoms with Gasteiger partial charge in [-0.3, -0.25) is 0 Å². The van der Waals surface area contributed by atoms with Crippen LogP contribution in [0.3, 0.4) is 0 Å². The molecule has 0 amide bonds. The van der Waals surface area contributed by atoms with Crippen molar-refractivity contribution in [3.63, 3.8) is 0 Å². The van der Waals surface area contributed by atoms with Gasteiger partial charge < -0.3 is 14.2 Å². The number of aromatic nitrogens is 3. The molecule has 0 N–H and O–H groups in total. The number of benzene rings is 1. The summed E-state index contributed by atoms with van der Waals surface area (Å²) in [5.74, 6) is 1.22. The van der Waals surface area contributed by atoms with E-state index < -0.39 is 0 Å².